The van der Waals surface area contributed by atoms with Crippen molar-refractivity contribution < 1.29 is 9.47 Å². The molecule has 138 valence electrons. The highest BCUT2D eigenvalue weighted by molar-refractivity contribution is 14.0. The van der Waals surface area contributed by atoms with Crippen molar-refractivity contribution in [2.24, 2.45) is 10.9 Å². The summed E-state index contributed by atoms with van der Waals surface area (Å²) in [6, 6.07) is 0. The third kappa shape index (κ3) is 9.99. The Labute approximate surface area is 163 Å². The van der Waals surface area contributed by atoms with Crippen LogP contribution in [0.5, 0.6) is 0 Å². The maximum Gasteiger partial charge on any atom is 0.191 e. The molecule has 1 fully saturated rings. The number of hydrogen-bond donors (Lipinski definition) is 2. The molecule has 0 saturated carbocycles. The third-order valence-electron chi connectivity index (χ3n) is 4.02. The first-order chi connectivity index (χ1) is 10.6. The smallest absolute Gasteiger partial charge is 0.191 e. The number of hydrogen-bond acceptors (Lipinski definition) is 4. The van der Waals surface area contributed by atoms with Gasteiger partial charge in [-0.25, -0.2) is 0 Å². The minimum Gasteiger partial charge on any atom is -0.381 e. The van der Waals surface area contributed by atoms with Crippen LogP contribution in [0.1, 0.15) is 33.1 Å². The second-order valence-electron chi connectivity index (χ2n) is 6.15. The van der Waals surface area contributed by atoms with Gasteiger partial charge in [0.05, 0.1) is 6.61 Å². The zero-order valence-corrected chi connectivity index (χ0v) is 18.2. The SMILES string of the molecule is CN=C(NCCOCCC(C)C)NCC1(SC)CCOCC1.I. The zero-order chi connectivity index (χ0) is 16.3. The van der Waals surface area contributed by atoms with E-state index >= 15 is 0 Å². The highest BCUT2D eigenvalue weighted by atomic mass is 127. The quantitative estimate of drug-likeness (QED) is 0.240. The fourth-order valence-corrected chi connectivity index (χ4v) is 3.12. The number of aliphatic imine (C=N–C) groups is 1. The first-order valence-corrected chi connectivity index (χ1v) is 9.49. The van der Waals surface area contributed by atoms with E-state index in [2.05, 4.69) is 35.7 Å². The summed E-state index contributed by atoms with van der Waals surface area (Å²) in [5.74, 6) is 1.55. The van der Waals surface area contributed by atoms with E-state index in [4.69, 9.17) is 9.47 Å². The number of nitrogens with one attached hydrogen (secondary N) is 2. The fraction of sp³-hybridized carbons (Fsp3) is 0.938. The molecule has 2 N–H and O–H groups in total. The first-order valence-electron chi connectivity index (χ1n) is 8.27. The van der Waals surface area contributed by atoms with Gasteiger partial charge in [-0.1, -0.05) is 13.8 Å². The van der Waals surface area contributed by atoms with E-state index in [1.165, 1.54) is 0 Å². The van der Waals surface area contributed by atoms with E-state index in [1.54, 1.807) is 0 Å². The van der Waals surface area contributed by atoms with Crippen LogP contribution in [-0.2, 0) is 9.47 Å². The van der Waals surface area contributed by atoms with Gasteiger partial charge >= 0.3 is 0 Å². The Kier molecular flexibility index (Phi) is 13.7. The highest BCUT2D eigenvalue weighted by Gasteiger charge is 2.31. The Hall–Kier alpha value is 0.270. The molecule has 1 rings (SSSR count). The minimum atomic E-state index is 0. The normalized spacial score (nSPS) is 17.7. The summed E-state index contributed by atoms with van der Waals surface area (Å²) in [7, 11) is 1.81. The van der Waals surface area contributed by atoms with Gasteiger partial charge in [0.15, 0.2) is 5.96 Å². The molecule has 1 saturated heterocycles. The van der Waals surface area contributed by atoms with Crippen LogP contribution in [0.25, 0.3) is 0 Å². The van der Waals surface area contributed by atoms with Crippen molar-refractivity contribution in [1.82, 2.24) is 10.6 Å². The van der Waals surface area contributed by atoms with Crippen LogP contribution < -0.4 is 10.6 Å². The number of guanidine groups is 1. The molecule has 0 radical (unpaired) electrons. The lowest BCUT2D eigenvalue weighted by atomic mass is 9.99. The molecule has 1 heterocycles. The van der Waals surface area contributed by atoms with Crippen molar-refractivity contribution in [1.29, 1.82) is 0 Å². The van der Waals surface area contributed by atoms with E-state index in [9.17, 15) is 0 Å². The van der Waals surface area contributed by atoms with Gasteiger partial charge in [0.25, 0.3) is 0 Å². The van der Waals surface area contributed by atoms with Gasteiger partial charge in [0.2, 0.25) is 0 Å². The molecule has 0 aromatic carbocycles. The summed E-state index contributed by atoms with van der Waals surface area (Å²) >= 11 is 1.93. The lowest BCUT2D eigenvalue weighted by molar-refractivity contribution is 0.0782. The van der Waals surface area contributed by atoms with E-state index in [-0.39, 0.29) is 28.7 Å². The van der Waals surface area contributed by atoms with Gasteiger partial charge in [-0.2, -0.15) is 11.8 Å². The highest BCUT2D eigenvalue weighted by Crippen LogP contribution is 2.32. The number of rotatable bonds is 9. The average molecular weight is 459 g/mol. The zero-order valence-electron chi connectivity index (χ0n) is 15.0. The molecule has 0 aromatic heterocycles. The molecule has 5 nitrogen and oxygen atoms in total. The summed E-state index contributed by atoms with van der Waals surface area (Å²) < 4.78 is 11.4. The summed E-state index contributed by atoms with van der Waals surface area (Å²) in [4.78, 5) is 4.28. The van der Waals surface area contributed by atoms with Gasteiger partial charge in [0.1, 0.15) is 0 Å². The number of nitrogens with zero attached hydrogens (tertiary/aromatic N) is 1. The molecule has 0 aromatic rings. The van der Waals surface area contributed by atoms with Crippen LogP contribution in [0.4, 0.5) is 0 Å². The Balaban J connectivity index is 0.00000484. The molecule has 0 bridgehead atoms. The molecule has 1 aliphatic heterocycles. The largest absolute Gasteiger partial charge is 0.381 e. The topological polar surface area (TPSA) is 54.9 Å². The van der Waals surface area contributed by atoms with Gasteiger partial charge < -0.3 is 20.1 Å². The number of thioether (sulfide) groups is 1. The second kappa shape index (κ2) is 13.5. The lowest BCUT2D eigenvalue weighted by Gasteiger charge is -2.36. The molecular weight excluding hydrogens is 425 g/mol. The standard InChI is InChI=1S/C16H33N3O2S.HI/c1-14(2)5-9-20-12-8-18-15(17-3)19-13-16(22-4)6-10-21-11-7-16;/h14H,5-13H2,1-4H3,(H2,17,18,19);1H. The molecule has 0 amide bonds. The molecule has 0 unspecified atom stereocenters. The summed E-state index contributed by atoms with van der Waals surface area (Å²) in [6.45, 7) is 9.40. The van der Waals surface area contributed by atoms with E-state index in [1.807, 2.05) is 18.8 Å². The van der Waals surface area contributed by atoms with Crippen molar-refractivity contribution in [3.63, 3.8) is 0 Å². The Morgan fingerprint density at radius 1 is 1.26 bits per heavy atom. The molecule has 7 heteroatoms. The molecular formula is C16H34IN3O2S. The Bertz CT molecular complexity index is 324. The Morgan fingerprint density at radius 2 is 1.96 bits per heavy atom. The van der Waals surface area contributed by atoms with Crippen molar-refractivity contribution in [3.8, 4) is 0 Å². The molecule has 1 aliphatic rings. The maximum absolute atomic E-state index is 5.61. The van der Waals surface area contributed by atoms with Crippen molar-refractivity contribution in [3.05, 3.63) is 0 Å². The van der Waals surface area contributed by atoms with E-state index in [0.29, 0.717) is 5.92 Å². The monoisotopic (exact) mass is 459 g/mol. The van der Waals surface area contributed by atoms with Gasteiger partial charge in [-0.05, 0) is 31.4 Å². The average Bonchev–Trinajstić information content (AvgIpc) is 2.54. The molecule has 0 aliphatic carbocycles. The second-order valence-corrected chi connectivity index (χ2v) is 7.42. The first kappa shape index (κ1) is 23.3. The van der Waals surface area contributed by atoms with E-state index < -0.39 is 0 Å². The van der Waals surface area contributed by atoms with Crippen LogP contribution in [0, 0.1) is 5.92 Å². The summed E-state index contributed by atoms with van der Waals surface area (Å²) in [5, 5.41) is 6.76. The van der Waals surface area contributed by atoms with Crippen LogP contribution in [-0.4, -0.2) is 63.5 Å². The van der Waals surface area contributed by atoms with Crippen molar-refractivity contribution >= 4 is 41.7 Å². The third-order valence-corrected chi connectivity index (χ3v) is 5.44. The fourth-order valence-electron chi connectivity index (χ4n) is 2.32. The Morgan fingerprint density at radius 3 is 2.52 bits per heavy atom. The van der Waals surface area contributed by atoms with Crippen LogP contribution in [0.15, 0.2) is 4.99 Å². The van der Waals surface area contributed by atoms with Crippen LogP contribution in [0.3, 0.4) is 0 Å². The van der Waals surface area contributed by atoms with Crippen molar-refractivity contribution in [2.45, 2.75) is 37.9 Å². The van der Waals surface area contributed by atoms with Gasteiger partial charge in [0, 0.05) is 44.7 Å². The minimum absolute atomic E-state index is 0. The molecule has 0 spiro atoms. The van der Waals surface area contributed by atoms with E-state index in [0.717, 1.165) is 64.7 Å². The number of ether oxygens (including phenoxy) is 2. The van der Waals surface area contributed by atoms with Gasteiger partial charge in [-0.3, -0.25) is 4.99 Å². The summed E-state index contributed by atoms with van der Waals surface area (Å²) in [5.41, 5.74) is 0. The molecule has 0 atom stereocenters. The number of halogens is 1. The molecule has 23 heavy (non-hydrogen) atoms. The van der Waals surface area contributed by atoms with Gasteiger partial charge in [-0.15, -0.1) is 24.0 Å². The predicted molar refractivity (Wildman–Crippen MR) is 111 cm³/mol. The van der Waals surface area contributed by atoms with Crippen LogP contribution in [0.2, 0.25) is 0 Å². The predicted octanol–water partition coefficient (Wildman–Crippen LogP) is 2.74. The summed E-state index contributed by atoms with van der Waals surface area (Å²) in [6.07, 6.45) is 5.49. The lowest BCUT2D eigenvalue weighted by Crippen LogP contribution is -2.48. The maximum atomic E-state index is 5.61. The van der Waals surface area contributed by atoms with Crippen LogP contribution >= 0.6 is 35.7 Å². The van der Waals surface area contributed by atoms with Crippen molar-refractivity contribution in [2.75, 3.05) is 52.8 Å².